The van der Waals surface area contributed by atoms with Gasteiger partial charge in [0.25, 0.3) is 0 Å². The second-order valence-corrected chi connectivity index (χ2v) is 4.60. The van der Waals surface area contributed by atoms with Crippen molar-refractivity contribution in [1.82, 2.24) is 0 Å². The van der Waals surface area contributed by atoms with Crippen molar-refractivity contribution < 1.29 is 0 Å². The highest BCUT2D eigenvalue weighted by molar-refractivity contribution is 7.19. The summed E-state index contributed by atoms with van der Waals surface area (Å²) >= 11 is 8.06. The molecule has 0 amide bonds. The molecule has 0 radical (unpaired) electrons. The van der Waals surface area contributed by atoms with E-state index < -0.39 is 0 Å². The smallest absolute Gasteiger partial charge is 0.0623 e. The van der Waals surface area contributed by atoms with E-state index in [4.69, 9.17) is 11.6 Å². The number of hydrogen-bond acceptors (Lipinski definition) is 1. The van der Waals surface area contributed by atoms with Crippen molar-refractivity contribution in [3.8, 4) is 0 Å². The first-order valence-corrected chi connectivity index (χ1v) is 5.68. The Morgan fingerprint density at radius 1 is 1.31 bits per heavy atom. The number of rotatable bonds is 2. The number of thiophene rings is 1. The van der Waals surface area contributed by atoms with Gasteiger partial charge in [0.05, 0.1) is 5.02 Å². The molecule has 1 aromatic carbocycles. The van der Waals surface area contributed by atoms with Crippen molar-refractivity contribution >= 4 is 33.0 Å². The number of fused-ring (bicyclic) bond motifs is 1. The highest BCUT2D eigenvalue weighted by atomic mass is 35.5. The third kappa shape index (κ3) is 1.59. The van der Waals surface area contributed by atoms with Gasteiger partial charge in [-0.2, -0.15) is 0 Å². The van der Waals surface area contributed by atoms with E-state index in [0.717, 1.165) is 17.9 Å². The van der Waals surface area contributed by atoms with Gasteiger partial charge in [0, 0.05) is 15.0 Å². The molecule has 2 aromatic rings. The van der Waals surface area contributed by atoms with E-state index in [-0.39, 0.29) is 0 Å². The summed E-state index contributed by atoms with van der Waals surface area (Å²) in [7, 11) is 0. The van der Waals surface area contributed by atoms with Gasteiger partial charge in [-0.25, -0.2) is 0 Å². The van der Waals surface area contributed by atoms with Crippen LogP contribution in [0.3, 0.4) is 0 Å². The van der Waals surface area contributed by atoms with Gasteiger partial charge in [-0.05, 0) is 12.5 Å². The van der Waals surface area contributed by atoms with Crippen molar-refractivity contribution in [2.24, 2.45) is 0 Å². The molecule has 68 valence electrons. The third-order valence-corrected chi connectivity index (χ3v) is 3.85. The lowest BCUT2D eigenvalue weighted by Gasteiger charge is -1.91. The summed E-state index contributed by atoms with van der Waals surface area (Å²) in [5.41, 5.74) is 0. The molecule has 0 aliphatic carbocycles. The minimum Gasteiger partial charge on any atom is -0.139 e. The van der Waals surface area contributed by atoms with Crippen LogP contribution in [-0.2, 0) is 6.42 Å². The molecule has 0 bridgehead atoms. The van der Waals surface area contributed by atoms with E-state index in [1.165, 1.54) is 15.0 Å². The predicted molar refractivity (Wildman–Crippen MR) is 60.8 cm³/mol. The normalized spacial score (nSPS) is 10.9. The van der Waals surface area contributed by atoms with Gasteiger partial charge in [0.2, 0.25) is 0 Å². The number of halogens is 1. The minimum absolute atomic E-state index is 0.961. The van der Waals surface area contributed by atoms with Crippen LogP contribution in [0.5, 0.6) is 0 Å². The maximum atomic E-state index is 6.25. The second-order valence-electron chi connectivity index (χ2n) is 3.09. The monoisotopic (exact) mass is 210 g/mol. The summed E-state index contributed by atoms with van der Waals surface area (Å²) < 4.78 is 1.30. The Morgan fingerprint density at radius 3 is 2.77 bits per heavy atom. The Morgan fingerprint density at radius 2 is 2.08 bits per heavy atom. The van der Waals surface area contributed by atoms with Crippen LogP contribution < -0.4 is 0 Å². The third-order valence-electron chi connectivity index (χ3n) is 2.08. The molecule has 0 fully saturated rings. The molecule has 0 aliphatic rings. The van der Waals surface area contributed by atoms with Gasteiger partial charge in [-0.15, -0.1) is 11.3 Å². The maximum absolute atomic E-state index is 6.25. The van der Waals surface area contributed by atoms with Crippen LogP contribution in [0, 0.1) is 0 Å². The van der Waals surface area contributed by atoms with Crippen LogP contribution in [0.2, 0.25) is 5.02 Å². The molecule has 2 heteroatoms. The first-order valence-electron chi connectivity index (χ1n) is 4.49. The Balaban J connectivity index is 2.60. The topological polar surface area (TPSA) is 0 Å². The molecule has 13 heavy (non-hydrogen) atoms. The fourth-order valence-corrected chi connectivity index (χ4v) is 3.08. The second kappa shape index (κ2) is 3.69. The highest BCUT2D eigenvalue weighted by Crippen LogP contribution is 2.35. The van der Waals surface area contributed by atoms with Crippen LogP contribution in [0.1, 0.15) is 18.2 Å². The average molecular weight is 211 g/mol. The van der Waals surface area contributed by atoms with Gasteiger partial charge >= 0.3 is 0 Å². The van der Waals surface area contributed by atoms with Crippen molar-refractivity contribution in [2.75, 3.05) is 0 Å². The van der Waals surface area contributed by atoms with Crippen molar-refractivity contribution in [2.45, 2.75) is 19.8 Å². The minimum atomic E-state index is 0.961. The Labute approximate surface area is 87.2 Å². The molecule has 2 rings (SSSR count). The first-order chi connectivity index (χ1) is 6.33. The van der Waals surface area contributed by atoms with E-state index in [0.29, 0.717) is 0 Å². The summed E-state index contributed by atoms with van der Waals surface area (Å²) in [6.07, 6.45) is 2.25. The molecular weight excluding hydrogens is 200 g/mol. The Kier molecular flexibility index (Phi) is 2.56. The summed E-state index contributed by atoms with van der Waals surface area (Å²) in [5.74, 6) is 0. The Hall–Kier alpha value is -0.530. The number of hydrogen-bond donors (Lipinski definition) is 0. The lowest BCUT2D eigenvalue weighted by molar-refractivity contribution is 0.941. The first kappa shape index (κ1) is 9.04. The largest absolute Gasteiger partial charge is 0.139 e. The van der Waals surface area contributed by atoms with Gasteiger partial charge < -0.3 is 0 Å². The summed E-state index contributed by atoms with van der Waals surface area (Å²) in [6, 6.07) is 8.32. The molecule has 1 heterocycles. The molecule has 0 nitrogen and oxygen atoms in total. The zero-order valence-corrected chi connectivity index (χ0v) is 9.08. The predicted octanol–water partition coefficient (Wildman–Crippen LogP) is 4.51. The van der Waals surface area contributed by atoms with Gasteiger partial charge in [-0.1, -0.05) is 43.1 Å². The lowest BCUT2D eigenvalue weighted by atomic mass is 10.2. The van der Waals surface area contributed by atoms with Crippen LogP contribution in [0.15, 0.2) is 24.3 Å². The summed E-state index contributed by atoms with van der Waals surface area (Å²) in [4.78, 5) is 1.32. The quantitative estimate of drug-likeness (QED) is 0.685. The highest BCUT2D eigenvalue weighted by Gasteiger charge is 2.07. The fraction of sp³-hybridized carbons (Fsp3) is 0.273. The molecular formula is C11H11ClS. The van der Waals surface area contributed by atoms with E-state index >= 15 is 0 Å². The zero-order chi connectivity index (χ0) is 9.26. The molecule has 0 atom stereocenters. The van der Waals surface area contributed by atoms with Crippen molar-refractivity contribution in [3.63, 3.8) is 0 Å². The van der Waals surface area contributed by atoms with E-state index in [9.17, 15) is 0 Å². The van der Waals surface area contributed by atoms with Crippen LogP contribution in [0.4, 0.5) is 0 Å². The van der Waals surface area contributed by atoms with Crippen molar-refractivity contribution in [1.29, 1.82) is 0 Å². The molecule has 0 saturated carbocycles. The molecule has 0 saturated heterocycles. The van der Waals surface area contributed by atoms with Crippen LogP contribution in [-0.4, -0.2) is 0 Å². The van der Waals surface area contributed by atoms with E-state index in [1.54, 1.807) is 0 Å². The molecule has 0 N–H and O–H groups in total. The number of benzene rings is 1. The summed E-state index contributed by atoms with van der Waals surface area (Å²) in [6.45, 7) is 2.18. The van der Waals surface area contributed by atoms with Crippen molar-refractivity contribution in [3.05, 3.63) is 34.2 Å². The Bertz CT molecular complexity index is 417. The van der Waals surface area contributed by atoms with Gasteiger partial charge in [0.1, 0.15) is 0 Å². The lowest BCUT2D eigenvalue weighted by Crippen LogP contribution is -1.75. The molecule has 0 aliphatic heterocycles. The molecule has 1 aromatic heterocycles. The van der Waals surface area contributed by atoms with Gasteiger partial charge in [-0.3, -0.25) is 0 Å². The number of aryl methyl sites for hydroxylation is 1. The SMILES string of the molecule is CCCc1sc2ccccc2c1Cl. The standard InChI is InChI=1S/C11H11ClS/c1-2-5-10-11(12)8-6-3-4-7-9(8)13-10/h3-4,6-7H,2,5H2,1H3. The summed E-state index contributed by atoms with van der Waals surface area (Å²) in [5, 5.41) is 2.17. The zero-order valence-electron chi connectivity index (χ0n) is 7.51. The fourth-order valence-electron chi connectivity index (χ4n) is 1.45. The average Bonchev–Trinajstić information content (AvgIpc) is 2.46. The maximum Gasteiger partial charge on any atom is 0.0623 e. The molecule has 0 spiro atoms. The van der Waals surface area contributed by atoms with E-state index in [1.807, 2.05) is 17.4 Å². The van der Waals surface area contributed by atoms with E-state index in [2.05, 4.69) is 25.1 Å². The van der Waals surface area contributed by atoms with Gasteiger partial charge in [0.15, 0.2) is 0 Å². The van der Waals surface area contributed by atoms with Crippen LogP contribution in [0.25, 0.3) is 10.1 Å². The van der Waals surface area contributed by atoms with Crippen LogP contribution >= 0.6 is 22.9 Å². The molecule has 0 unspecified atom stereocenters.